The maximum Gasteiger partial charge on any atom is 0.332 e. The van der Waals surface area contributed by atoms with Gasteiger partial charge in [-0.05, 0) is 74.3 Å². The summed E-state index contributed by atoms with van der Waals surface area (Å²) in [5, 5.41) is 30.6. The highest BCUT2D eigenvalue weighted by Gasteiger charge is 2.48. The molecule has 5 N–H and O–H groups in total. The molecule has 11 atom stereocenters. The molecular formula is C60H92N8O12. The lowest BCUT2D eigenvalue weighted by Crippen LogP contribution is -2.63. The first-order valence-corrected chi connectivity index (χ1v) is 28.4. The van der Waals surface area contributed by atoms with Gasteiger partial charge in [-0.3, -0.25) is 38.4 Å². The van der Waals surface area contributed by atoms with Crippen molar-refractivity contribution in [3.8, 4) is 0 Å². The van der Waals surface area contributed by atoms with E-state index in [2.05, 4.69) is 16.0 Å². The Bertz CT molecular complexity index is 2450. The smallest absolute Gasteiger partial charge is 0.332 e. The first-order valence-electron chi connectivity index (χ1n) is 28.4. The number of aliphatic hydroxyl groups is 2. The summed E-state index contributed by atoms with van der Waals surface area (Å²) in [5.41, 5.74) is -0.639. The molecule has 4 rings (SSSR count). The molecule has 2 aromatic rings. The number of cyclic esters (lactones) is 1. The maximum atomic E-state index is 15.3. The second-order valence-electron chi connectivity index (χ2n) is 23.8. The summed E-state index contributed by atoms with van der Waals surface area (Å²) in [6, 6.07) is 7.71. The minimum absolute atomic E-state index is 0.0297. The number of esters is 1. The molecule has 20 heteroatoms. The normalized spacial score (nSPS) is 26.3. The fraction of sp³-hybridized carbons (Fsp3) is 0.650. The van der Waals surface area contributed by atoms with E-state index in [1.54, 1.807) is 84.0 Å². The van der Waals surface area contributed by atoms with E-state index in [9.17, 15) is 43.8 Å². The molecule has 20 nitrogen and oxygen atoms in total. The third kappa shape index (κ3) is 16.6. The monoisotopic (exact) mass is 1120 g/mol. The minimum atomic E-state index is -2.02. The quantitative estimate of drug-likeness (QED) is 0.171. The standard InChI is InChI=1S/C60H92N8O12/c1-16-38(8)46-57(76)65(13)47(36(4)5)52(71)61-42(32-35(2)3)55(74)67(15)50(60(10,11)79)59(78)80-49(39(9)29-31-69)58(77)66(14)48(37(6)7)53(72)62-43(33-40-24-19-17-20-25-40)54(73)64(12)45(34-41-26-21-18-22-27-41)56(75)68-30-23-28-44(68)51(70)63-46/h17-22,24-27,35-39,42-50,69,79H,16,23,28-34H2,1-15H3,(H,61,71)(H,62,72)(H,63,70). The fourth-order valence-corrected chi connectivity index (χ4v) is 11.1. The van der Waals surface area contributed by atoms with E-state index in [1.165, 1.54) is 56.7 Å². The second-order valence-corrected chi connectivity index (χ2v) is 23.8. The van der Waals surface area contributed by atoms with Crippen molar-refractivity contribution in [3.63, 3.8) is 0 Å². The van der Waals surface area contributed by atoms with E-state index in [1.807, 2.05) is 39.0 Å². The summed E-state index contributed by atoms with van der Waals surface area (Å²) in [4.78, 5) is 140. The lowest BCUT2D eigenvalue weighted by Gasteiger charge is -2.39. The van der Waals surface area contributed by atoms with Gasteiger partial charge in [0.2, 0.25) is 41.4 Å². The van der Waals surface area contributed by atoms with Gasteiger partial charge in [0.05, 0.1) is 5.60 Å². The van der Waals surface area contributed by atoms with Gasteiger partial charge < -0.3 is 55.4 Å². The van der Waals surface area contributed by atoms with Crippen LogP contribution in [0.25, 0.3) is 0 Å². The SMILES string of the molecule is CCC(C)C1NC(=O)C2CCCN2C(=O)C(Cc2ccccc2)N(C)C(=O)C(Cc2ccccc2)NC(=O)C(C(C)C)N(C)C(=O)C(C(C)CCO)OC(=O)C(C(C)(C)O)N(C)C(=O)C(CC(C)C)NC(=O)C(C(C)C)N(C)C1=O. The van der Waals surface area contributed by atoms with Crippen molar-refractivity contribution in [3.05, 3.63) is 71.8 Å². The van der Waals surface area contributed by atoms with Gasteiger partial charge in [0.15, 0.2) is 12.1 Å². The number of amides is 8. The molecule has 2 aliphatic rings. The topological polar surface area (TPSA) is 256 Å². The lowest BCUT2D eigenvalue weighted by atomic mass is 9.93. The number of carbonyl (C=O) groups is 9. The van der Waals surface area contributed by atoms with Gasteiger partial charge >= 0.3 is 5.97 Å². The molecule has 2 aromatic carbocycles. The summed E-state index contributed by atoms with van der Waals surface area (Å²) in [6.45, 7) is 18.1. The highest BCUT2D eigenvalue weighted by atomic mass is 16.6. The minimum Gasteiger partial charge on any atom is -0.450 e. The van der Waals surface area contributed by atoms with E-state index in [0.717, 1.165) is 9.80 Å². The molecule has 0 saturated carbocycles. The molecule has 2 heterocycles. The summed E-state index contributed by atoms with van der Waals surface area (Å²) in [6.07, 6.45) is -0.536. The number of likely N-dealkylation sites (N-methyl/N-ethyl adjacent to an activating group) is 4. The third-order valence-electron chi connectivity index (χ3n) is 15.8. The van der Waals surface area contributed by atoms with Crippen LogP contribution in [-0.2, 0) is 60.7 Å². The predicted octanol–water partition coefficient (Wildman–Crippen LogP) is 3.34. The van der Waals surface area contributed by atoms with Crippen molar-refractivity contribution in [1.29, 1.82) is 0 Å². The number of hydrogen-bond donors (Lipinski definition) is 5. The number of ether oxygens (including phenoxy) is 1. The highest BCUT2D eigenvalue weighted by Crippen LogP contribution is 2.27. The van der Waals surface area contributed by atoms with Gasteiger partial charge in [-0.15, -0.1) is 0 Å². The Hall–Kier alpha value is -6.41. The van der Waals surface area contributed by atoms with E-state index in [4.69, 9.17) is 4.74 Å². The van der Waals surface area contributed by atoms with Crippen LogP contribution < -0.4 is 16.0 Å². The Morgan fingerprint density at radius 3 is 1.60 bits per heavy atom. The van der Waals surface area contributed by atoms with Gasteiger partial charge in [-0.1, -0.05) is 129 Å². The predicted molar refractivity (Wildman–Crippen MR) is 303 cm³/mol. The van der Waals surface area contributed by atoms with Crippen LogP contribution >= 0.6 is 0 Å². The van der Waals surface area contributed by atoms with Crippen molar-refractivity contribution in [2.75, 3.05) is 41.3 Å². The van der Waals surface area contributed by atoms with E-state index >= 15 is 9.59 Å². The zero-order valence-electron chi connectivity index (χ0n) is 49.9. The number of hydrogen-bond acceptors (Lipinski definition) is 12. The number of benzene rings is 2. The molecule has 0 aromatic heterocycles. The first-order chi connectivity index (χ1) is 37.5. The zero-order chi connectivity index (χ0) is 60.1. The Morgan fingerprint density at radius 1 is 0.613 bits per heavy atom. The highest BCUT2D eigenvalue weighted by molar-refractivity contribution is 5.99. The number of rotatable bonds is 14. The Kier molecular flexibility index (Phi) is 24.3. The molecule has 2 saturated heterocycles. The van der Waals surface area contributed by atoms with Crippen molar-refractivity contribution in [2.45, 2.75) is 181 Å². The van der Waals surface area contributed by atoms with Gasteiger partial charge in [0.25, 0.3) is 5.91 Å². The average Bonchev–Trinajstić information content (AvgIpc) is 3.90. The second kappa shape index (κ2) is 29.3. The van der Waals surface area contributed by atoms with Gasteiger partial charge in [0, 0.05) is 60.1 Å². The molecule has 0 aliphatic carbocycles. The molecule has 2 aliphatic heterocycles. The van der Waals surface area contributed by atoms with Crippen LogP contribution in [0.2, 0.25) is 0 Å². The fourth-order valence-electron chi connectivity index (χ4n) is 11.1. The zero-order valence-corrected chi connectivity index (χ0v) is 49.9. The third-order valence-corrected chi connectivity index (χ3v) is 15.8. The number of fused-ring (bicyclic) bond motifs is 1. The van der Waals surface area contributed by atoms with Crippen molar-refractivity contribution < 1.29 is 58.1 Å². The van der Waals surface area contributed by atoms with Crippen LogP contribution in [0.5, 0.6) is 0 Å². The van der Waals surface area contributed by atoms with Crippen LogP contribution in [0.1, 0.15) is 119 Å². The van der Waals surface area contributed by atoms with Crippen LogP contribution in [0.3, 0.4) is 0 Å². The van der Waals surface area contributed by atoms with Crippen molar-refractivity contribution in [1.82, 2.24) is 40.4 Å². The lowest BCUT2D eigenvalue weighted by molar-refractivity contribution is -0.177. The molecule has 0 spiro atoms. The molecular weight excluding hydrogens is 1020 g/mol. The van der Waals surface area contributed by atoms with Gasteiger partial charge in [0.1, 0.15) is 42.3 Å². The van der Waals surface area contributed by atoms with E-state index in [-0.39, 0.29) is 44.6 Å². The first kappa shape index (κ1) is 66.1. The van der Waals surface area contributed by atoms with Gasteiger partial charge in [-0.25, -0.2) is 4.79 Å². The van der Waals surface area contributed by atoms with E-state index in [0.29, 0.717) is 24.0 Å². The summed E-state index contributed by atoms with van der Waals surface area (Å²) >= 11 is 0. The number of aliphatic hydroxyl groups excluding tert-OH is 1. The molecule has 0 radical (unpaired) electrons. The molecule has 2 fully saturated rings. The van der Waals surface area contributed by atoms with Crippen molar-refractivity contribution in [2.24, 2.45) is 29.6 Å². The summed E-state index contributed by atoms with van der Waals surface area (Å²) in [7, 11) is 5.55. The van der Waals surface area contributed by atoms with E-state index < -0.39 is 144 Å². The van der Waals surface area contributed by atoms with Crippen LogP contribution in [0.4, 0.5) is 0 Å². The van der Waals surface area contributed by atoms with Gasteiger partial charge in [-0.2, -0.15) is 0 Å². The molecule has 8 amide bonds. The number of nitrogens with zero attached hydrogens (tertiary/aromatic N) is 5. The largest absolute Gasteiger partial charge is 0.450 e. The number of nitrogens with one attached hydrogen (secondary N) is 3. The molecule has 444 valence electrons. The number of carbonyl (C=O) groups excluding carboxylic acids is 9. The van der Waals surface area contributed by atoms with Crippen LogP contribution in [0.15, 0.2) is 60.7 Å². The van der Waals surface area contributed by atoms with Crippen LogP contribution in [-0.4, -0.2) is 189 Å². The molecule has 0 bridgehead atoms. The average molecular weight is 1120 g/mol. The van der Waals surface area contributed by atoms with Crippen LogP contribution in [0, 0.1) is 29.6 Å². The summed E-state index contributed by atoms with van der Waals surface area (Å²) < 4.78 is 6.04. The Labute approximate surface area is 474 Å². The Balaban J connectivity index is 1.99. The molecule has 11 unspecified atom stereocenters. The maximum absolute atomic E-state index is 15.3. The summed E-state index contributed by atoms with van der Waals surface area (Å²) in [5.74, 6) is -9.34. The molecule has 80 heavy (non-hydrogen) atoms. The Morgan fingerprint density at radius 2 is 1.11 bits per heavy atom. The van der Waals surface area contributed by atoms with Crippen molar-refractivity contribution >= 4 is 53.2 Å².